The number of hydrogen-bond donors (Lipinski definition) is 2. The number of halogens is 1. The lowest BCUT2D eigenvalue weighted by Crippen LogP contribution is -2.43. The Balaban J connectivity index is 0.000000509. The number of ether oxygens (including phenoxy) is 2. The van der Waals surface area contributed by atoms with Crippen LogP contribution in [0.2, 0.25) is 5.02 Å². The van der Waals surface area contributed by atoms with E-state index < -0.39 is 5.60 Å². The Labute approximate surface area is 209 Å². The van der Waals surface area contributed by atoms with E-state index in [2.05, 4.69) is 37.3 Å². The van der Waals surface area contributed by atoms with Crippen molar-refractivity contribution >= 4 is 29.9 Å². The van der Waals surface area contributed by atoms with Gasteiger partial charge >= 0.3 is 6.09 Å². The van der Waals surface area contributed by atoms with Crippen molar-refractivity contribution in [2.75, 3.05) is 44.2 Å². The largest absolute Gasteiger partial charge is 0.462 e. The molecule has 0 aliphatic carbocycles. The predicted molar refractivity (Wildman–Crippen MR) is 136 cm³/mol. The van der Waals surface area contributed by atoms with E-state index in [1.54, 1.807) is 0 Å². The summed E-state index contributed by atoms with van der Waals surface area (Å²) in [5.74, 6) is 0. The van der Waals surface area contributed by atoms with Gasteiger partial charge in [-0.3, -0.25) is 9.69 Å². The minimum absolute atomic E-state index is 0.0888. The summed E-state index contributed by atoms with van der Waals surface area (Å²) < 4.78 is 9.93. The Morgan fingerprint density at radius 2 is 1.82 bits per heavy atom. The zero-order chi connectivity index (χ0) is 25.4. The van der Waals surface area contributed by atoms with Gasteiger partial charge in [-0.1, -0.05) is 17.7 Å². The van der Waals surface area contributed by atoms with Crippen LogP contribution < -0.4 is 15.5 Å². The first kappa shape index (κ1) is 28.2. The average molecular weight is 497 g/mol. The van der Waals surface area contributed by atoms with Crippen LogP contribution in [0.15, 0.2) is 18.2 Å². The number of nitrogens with one attached hydrogen (secondary N) is 2. The van der Waals surface area contributed by atoms with E-state index in [1.165, 1.54) is 11.3 Å². The summed E-state index contributed by atoms with van der Waals surface area (Å²) >= 11 is 6.29. The van der Waals surface area contributed by atoms with Crippen molar-refractivity contribution in [1.82, 2.24) is 15.5 Å². The Kier molecular flexibility index (Phi) is 10.5. The molecule has 3 rings (SSSR count). The topological polar surface area (TPSA) is 83.1 Å². The van der Waals surface area contributed by atoms with E-state index in [-0.39, 0.29) is 17.7 Å². The van der Waals surface area contributed by atoms with Crippen molar-refractivity contribution in [3.05, 3.63) is 28.8 Å². The minimum Gasteiger partial charge on any atom is -0.462 e. The van der Waals surface area contributed by atoms with Crippen molar-refractivity contribution in [2.45, 2.75) is 71.8 Å². The highest BCUT2D eigenvalue weighted by molar-refractivity contribution is 6.30. The standard InChI is InChI=1S/C20H31ClN4O2.C5H10O2/c1-20(2,3)27-19(26)23-17-6-9-25(14-17)18-12-16(21)5-4-15(18)13-24-10-7-22-8-11-24;1-5(2,3)7-4-6/h4-5,12,17,22H,6-11,13-14H2,1-3H3,(H,23,26);4H,1-3H3/t17-;/m1./s1. The number of rotatable bonds is 5. The number of carbonyl (C=O) groups excluding carboxylic acids is 2. The van der Waals surface area contributed by atoms with Crippen LogP contribution in [0, 0.1) is 0 Å². The van der Waals surface area contributed by atoms with Crippen LogP contribution in [0.4, 0.5) is 10.5 Å². The zero-order valence-electron chi connectivity index (χ0n) is 21.4. The predicted octanol–water partition coefficient (Wildman–Crippen LogP) is 3.81. The number of hydrogen-bond acceptors (Lipinski definition) is 7. The van der Waals surface area contributed by atoms with Gasteiger partial charge in [0.1, 0.15) is 11.2 Å². The van der Waals surface area contributed by atoms with Crippen LogP contribution in [-0.2, 0) is 20.8 Å². The fourth-order valence-corrected chi connectivity index (χ4v) is 3.96. The normalized spacial score (nSPS) is 19.1. The number of piperazine rings is 1. The second kappa shape index (κ2) is 12.6. The molecule has 2 saturated heterocycles. The summed E-state index contributed by atoms with van der Waals surface area (Å²) in [6, 6.07) is 6.24. The quantitative estimate of drug-likeness (QED) is 0.600. The number of alkyl carbamates (subject to hydrolysis) is 1. The van der Waals surface area contributed by atoms with Gasteiger partial charge in [0.2, 0.25) is 0 Å². The molecule has 9 heteroatoms. The molecule has 0 radical (unpaired) electrons. The van der Waals surface area contributed by atoms with Gasteiger partial charge in [-0.05, 0) is 65.7 Å². The summed E-state index contributed by atoms with van der Waals surface area (Å²) in [7, 11) is 0. The fourth-order valence-electron chi connectivity index (χ4n) is 3.79. The van der Waals surface area contributed by atoms with Crippen LogP contribution in [0.25, 0.3) is 0 Å². The summed E-state index contributed by atoms with van der Waals surface area (Å²) in [6.07, 6.45) is 0.556. The van der Waals surface area contributed by atoms with Gasteiger partial charge in [-0.15, -0.1) is 0 Å². The summed E-state index contributed by atoms with van der Waals surface area (Å²) in [6.45, 7) is 18.3. The fraction of sp³-hybridized carbons (Fsp3) is 0.680. The van der Waals surface area contributed by atoms with Crippen LogP contribution in [0.1, 0.15) is 53.5 Å². The van der Waals surface area contributed by atoms with E-state index in [1.807, 2.05) is 47.6 Å². The van der Waals surface area contributed by atoms with E-state index >= 15 is 0 Å². The maximum Gasteiger partial charge on any atom is 0.407 e. The third kappa shape index (κ3) is 10.5. The molecule has 2 aliphatic heterocycles. The lowest BCUT2D eigenvalue weighted by Gasteiger charge is -2.30. The van der Waals surface area contributed by atoms with Gasteiger partial charge in [0.05, 0.1) is 6.04 Å². The van der Waals surface area contributed by atoms with Gasteiger partial charge in [0.15, 0.2) is 0 Å². The molecule has 1 aromatic rings. The molecule has 2 fully saturated rings. The molecule has 192 valence electrons. The van der Waals surface area contributed by atoms with Crippen LogP contribution in [0.5, 0.6) is 0 Å². The molecule has 0 aromatic heterocycles. The number of nitrogens with zero attached hydrogens (tertiary/aromatic N) is 2. The van der Waals surface area contributed by atoms with Crippen molar-refractivity contribution in [3.63, 3.8) is 0 Å². The van der Waals surface area contributed by atoms with Gasteiger partial charge in [-0.2, -0.15) is 0 Å². The Morgan fingerprint density at radius 3 is 2.38 bits per heavy atom. The van der Waals surface area contributed by atoms with Gasteiger partial charge in [-0.25, -0.2) is 4.79 Å². The Morgan fingerprint density at radius 1 is 1.15 bits per heavy atom. The van der Waals surface area contributed by atoms with Crippen molar-refractivity contribution < 1.29 is 19.1 Å². The maximum absolute atomic E-state index is 12.1. The highest BCUT2D eigenvalue weighted by Gasteiger charge is 2.28. The van der Waals surface area contributed by atoms with Crippen LogP contribution in [0.3, 0.4) is 0 Å². The summed E-state index contributed by atoms with van der Waals surface area (Å²) in [4.78, 5) is 26.4. The molecule has 8 nitrogen and oxygen atoms in total. The summed E-state index contributed by atoms with van der Waals surface area (Å²) in [5.41, 5.74) is 1.67. The first-order chi connectivity index (χ1) is 15.9. The van der Waals surface area contributed by atoms with Gasteiger partial charge in [0, 0.05) is 56.5 Å². The van der Waals surface area contributed by atoms with E-state index in [9.17, 15) is 9.59 Å². The lowest BCUT2D eigenvalue weighted by molar-refractivity contribution is -0.138. The molecule has 0 spiro atoms. The molecule has 2 aliphatic rings. The third-order valence-corrected chi connectivity index (χ3v) is 5.54. The van der Waals surface area contributed by atoms with Crippen LogP contribution >= 0.6 is 11.6 Å². The van der Waals surface area contributed by atoms with Crippen molar-refractivity contribution in [3.8, 4) is 0 Å². The molecule has 1 aromatic carbocycles. The maximum atomic E-state index is 12.1. The lowest BCUT2D eigenvalue weighted by atomic mass is 10.1. The molecule has 0 bridgehead atoms. The number of anilines is 1. The second-order valence-corrected chi connectivity index (χ2v) is 11.1. The molecule has 34 heavy (non-hydrogen) atoms. The van der Waals surface area contributed by atoms with E-state index in [4.69, 9.17) is 16.3 Å². The van der Waals surface area contributed by atoms with Crippen LogP contribution in [-0.4, -0.2) is 74.0 Å². The number of amides is 1. The van der Waals surface area contributed by atoms with E-state index in [0.717, 1.165) is 57.3 Å². The number of benzene rings is 1. The Bertz CT molecular complexity index is 801. The molecular weight excluding hydrogens is 456 g/mol. The first-order valence-corrected chi connectivity index (χ1v) is 12.3. The van der Waals surface area contributed by atoms with Gasteiger partial charge < -0.3 is 25.0 Å². The molecule has 2 N–H and O–H groups in total. The SMILES string of the molecule is CC(C)(C)OC(=O)N[C@@H]1CCN(c2cc(Cl)ccc2CN2CCNCC2)C1.CC(C)(C)OC=O. The second-order valence-electron chi connectivity index (χ2n) is 10.7. The Hall–Kier alpha value is -2.03. The third-order valence-electron chi connectivity index (χ3n) is 5.30. The average Bonchev–Trinajstić information content (AvgIpc) is 3.16. The summed E-state index contributed by atoms with van der Waals surface area (Å²) in [5, 5.41) is 7.14. The molecule has 0 unspecified atom stereocenters. The molecule has 1 atom stereocenters. The smallest absolute Gasteiger partial charge is 0.407 e. The molecular formula is C25H41ClN4O4. The highest BCUT2D eigenvalue weighted by atomic mass is 35.5. The number of carbonyl (C=O) groups is 2. The molecule has 0 saturated carbocycles. The minimum atomic E-state index is -0.480. The monoisotopic (exact) mass is 496 g/mol. The first-order valence-electron chi connectivity index (χ1n) is 11.9. The molecule has 2 heterocycles. The van der Waals surface area contributed by atoms with Crippen molar-refractivity contribution in [1.29, 1.82) is 0 Å². The zero-order valence-corrected chi connectivity index (χ0v) is 22.2. The van der Waals surface area contributed by atoms with Gasteiger partial charge in [0.25, 0.3) is 6.47 Å². The van der Waals surface area contributed by atoms with E-state index in [0.29, 0.717) is 6.47 Å². The highest BCUT2D eigenvalue weighted by Crippen LogP contribution is 2.29. The van der Waals surface area contributed by atoms with Crippen molar-refractivity contribution in [2.24, 2.45) is 0 Å². The molecule has 1 amide bonds.